The van der Waals surface area contributed by atoms with Crippen molar-refractivity contribution in [3.8, 4) is 0 Å². The standard InChI is InChI=1S/C15H18FN3O4/c16-11-2-3-13(14(10-11)19(21)22)17-7-4-12(5-8-17)18-6-1-9-23-15(18)20/h2-3,10,12H,1,4-9H2. The summed E-state index contributed by atoms with van der Waals surface area (Å²) in [6, 6.07) is 3.72. The van der Waals surface area contributed by atoms with Gasteiger partial charge in [0.05, 0.1) is 17.6 Å². The average Bonchev–Trinajstić information content (AvgIpc) is 2.55. The third-order valence-corrected chi connectivity index (χ3v) is 4.38. The maximum Gasteiger partial charge on any atom is 0.410 e. The highest BCUT2D eigenvalue weighted by atomic mass is 19.1. The van der Waals surface area contributed by atoms with Gasteiger partial charge in [0.2, 0.25) is 0 Å². The number of nitro groups is 1. The maximum atomic E-state index is 13.2. The number of anilines is 1. The van der Waals surface area contributed by atoms with Gasteiger partial charge in [-0.3, -0.25) is 10.1 Å². The Morgan fingerprint density at radius 3 is 2.65 bits per heavy atom. The van der Waals surface area contributed by atoms with Crippen molar-refractivity contribution in [3.63, 3.8) is 0 Å². The zero-order valence-corrected chi connectivity index (χ0v) is 12.6. The Morgan fingerprint density at radius 2 is 2.00 bits per heavy atom. The van der Waals surface area contributed by atoms with Crippen molar-refractivity contribution in [1.29, 1.82) is 0 Å². The van der Waals surface area contributed by atoms with Gasteiger partial charge in [-0.05, 0) is 31.4 Å². The third-order valence-electron chi connectivity index (χ3n) is 4.38. The van der Waals surface area contributed by atoms with E-state index >= 15 is 0 Å². The zero-order valence-electron chi connectivity index (χ0n) is 12.6. The van der Waals surface area contributed by atoms with E-state index in [2.05, 4.69) is 0 Å². The molecule has 0 aromatic heterocycles. The molecule has 0 saturated carbocycles. The minimum Gasteiger partial charge on any atom is -0.449 e. The van der Waals surface area contributed by atoms with Crippen molar-refractivity contribution in [2.45, 2.75) is 25.3 Å². The average molecular weight is 323 g/mol. The fourth-order valence-corrected chi connectivity index (χ4v) is 3.23. The van der Waals surface area contributed by atoms with Gasteiger partial charge in [-0.25, -0.2) is 9.18 Å². The highest BCUT2D eigenvalue weighted by Gasteiger charge is 2.32. The molecular formula is C15H18FN3O4. The van der Waals surface area contributed by atoms with E-state index in [1.165, 1.54) is 12.1 Å². The molecule has 2 heterocycles. The summed E-state index contributed by atoms with van der Waals surface area (Å²) in [4.78, 5) is 26.0. The molecule has 0 N–H and O–H groups in total. The van der Waals surface area contributed by atoms with Crippen LogP contribution in [-0.2, 0) is 4.74 Å². The number of ether oxygens (including phenoxy) is 1. The number of benzene rings is 1. The number of piperidine rings is 1. The first-order chi connectivity index (χ1) is 11.1. The van der Waals surface area contributed by atoms with Crippen molar-refractivity contribution in [3.05, 3.63) is 34.1 Å². The molecule has 0 unspecified atom stereocenters. The molecule has 2 aliphatic heterocycles. The second kappa shape index (κ2) is 6.39. The molecule has 0 radical (unpaired) electrons. The Balaban J connectivity index is 1.69. The number of nitrogens with zero attached hydrogens (tertiary/aromatic N) is 3. The lowest BCUT2D eigenvalue weighted by Crippen LogP contribution is -2.50. The number of rotatable bonds is 3. The third kappa shape index (κ3) is 3.20. The number of carbonyl (C=O) groups is 1. The second-order valence-corrected chi connectivity index (χ2v) is 5.77. The van der Waals surface area contributed by atoms with Crippen LogP contribution < -0.4 is 4.90 Å². The summed E-state index contributed by atoms with van der Waals surface area (Å²) in [6.45, 7) is 2.33. The molecule has 124 valence electrons. The molecule has 0 atom stereocenters. The molecule has 7 nitrogen and oxygen atoms in total. The van der Waals surface area contributed by atoms with Gasteiger partial charge in [-0.15, -0.1) is 0 Å². The van der Waals surface area contributed by atoms with Crippen LogP contribution in [0.1, 0.15) is 19.3 Å². The normalized spacial score (nSPS) is 19.6. The van der Waals surface area contributed by atoms with Crippen molar-refractivity contribution in [2.75, 3.05) is 31.1 Å². The van der Waals surface area contributed by atoms with E-state index < -0.39 is 10.7 Å². The molecule has 0 spiro atoms. The van der Waals surface area contributed by atoms with E-state index in [9.17, 15) is 19.3 Å². The highest BCUT2D eigenvalue weighted by molar-refractivity contribution is 5.69. The summed E-state index contributed by atoms with van der Waals surface area (Å²) in [5, 5.41) is 11.1. The monoisotopic (exact) mass is 323 g/mol. The van der Waals surface area contributed by atoms with Crippen LogP contribution in [0.4, 0.5) is 20.6 Å². The SMILES string of the molecule is O=C1OCCCN1C1CCN(c2ccc(F)cc2[N+](=O)[O-])CC1. The Hall–Kier alpha value is -2.38. The Morgan fingerprint density at radius 1 is 1.26 bits per heavy atom. The minimum atomic E-state index is -0.619. The lowest BCUT2D eigenvalue weighted by atomic mass is 10.0. The molecule has 3 rings (SSSR count). The van der Waals surface area contributed by atoms with Crippen LogP contribution in [0.3, 0.4) is 0 Å². The Labute approximate surface area is 132 Å². The van der Waals surface area contributed by atoms with E-state index in [0.29, 0.717) is 44.8 Å². The molecule has 23 heavy (non-hydrogen) atoms. The van der Waals surface area contributed by atoms with Crippen LogP contribution in [0.2, 0.25) is 0 Å². The number of cyclic esters (lactones) is 1. The first-order valence-corrected chi connectivity index (χ1v) is 7.68. The summed E-state index contributed by atoms with van der Waals surface area (Å²) in [5.74, 6) is -0.619. The van der Waals surface area contributed by atoms with Gasteiger partial charge in [-0.2, -0.15) is 0 Å². The fraction of sp³-hybridized carbons (Fsp3) is 0.533. The molecular weight excluding hydrogens is 305 g/mol. The number of carbonyl (C=O) groups excluding carboxylic acids is 1. The molecule has 1 aromatic carbocycles. The van der Waals surface area contributed by atoms with Crippen LogP contribution in [0.25, 0.3) is 0 Å². The van der Waals surface area contributed by atoms with Crippen LogP contribution in [0.5, 0.6) is 0 Å². The van der Waals surface area contributed by atoms with Gasteiger partial charge in [-0.1, -0.05) is 0 Å². The predicted octanol–water partition coefficient (Wildman–Crippen LogP) is 2.55. The molecule has 1 amide bonds. The Bertz CT molecular complexity index is 617. The van der Waals surface area contributed by atoms with Gasteiger partial charge in [0.1, 0.15) is 11.5 Å². The van der Waals surface area contributed by atoms with Gasteiger partial charge in [0.25, 0.3) is 5.69 Å². The van der Waals surface area contributed by atoms with Gasteiger partial charge in [0.15, 0.2) is 0 Å². The Kier molecular flexibility index (Phi) is 4.31. The van der Waals surface area contributed by atoms with Gasteiger partial charge < -0.3 is 14.5 Å². The van der Waals surface area contributed by atoms with Crippen LogP contribution in [-0.4, -0.2) is 48.2 Å². The van der Waals surface area contributed by atoms with Gasteiger partial charge >= 0.3 is 6.09 Å². The first-order valence-electron chi connectivity index (χ1n) is 7.68. The van der Waals surface area contributed by atoms with E-state index in [4.69, 9.17) is 4.74 Å². The van der Waals surface area contributed by atoms with Crippen LogP contribution in [0, 0.1) is 15.9 Å². The van der Waals surface area contributed by atoms with Crippen molar-refractivity contribution < 1.29 is 18.8 Å². The van der Waals surface area contributed by atoms with Crippen LogP contribution in [0.15, 0.2) is 18.2 Å². The van der Waals surface area contributed by atoms with E-state index in [1.54, 1.807) is 4.90 Å². The largest absolute Gasteiger partial charge is 0.449 e. The van der Waals surface area contributed by atoms with E-state index in [-0.39, 0.29) is 17.8 Å². The zero-order chi connectivity index (χ0) is 16.4. The molecule has 0 bridgehead atoms. The van der Waals surface area contributed by atoms with E-state index in [1.807, 2.05) is 4.90 Å². The molecule has 2 saturated heterocycles. The summed E-state index contributed by atoms with van der Waals surface area (Å²) < 4.78 is 18.3. The molecule has 2 aliphatic rings. The van der Waals surface area contributed by atoms with Crippen LogP contribution >= 0.6 is 0 Å². The summed E-state index contributed by atoms with van der Waals surface area (Å²) in [6.07, 6.45) is 1.98. The quantitative estimate of drug-likeness (QED) is 0.631. The molecule has 2 fully saturated rings. The fourth-order valence-electron chi connectivity index (χ4n) is 3.23. The topological polar surface area (TPSA) is 75.9 Å². The second-order valence-electron chi connectivity index (χ2n) is 5.77. The first kappa shape index (κ1) is 15.5. The minimum absolute atomic E-state index is 0.0959. The van der Waals surface area contributed by atoms with Crippen molar-refractivity contribution in [1.82, 2.24) is 4.90 Å². The molecule has 0 aliphatic carbocycles. The summed E-state index contributed by atoms with van der Waals surface area (Å²) in [7, 11) is 0. The highest BCUT2D eigenvalue weighted by Crippen LogP contribution is 2.32. The smallest absolute Gasteiger partial charge is 0.410 e. The molecule has 8 heteroatoms. The van der Waals surface area contributed by atoms with Crippen molar-refractivity contribution in [2.24, 2.45) is 0 Å². The molecule has 1 aromatic rings. The number of nitro benzene ring substituents is 1. The van der Waals surface area contributed by atoms with Gasteiger partial charge in [0, 0.05) is 25.7 Å². The lowest BCUT2D eigenvalue weighted by Gasteiger charge is -2.40. The van der Waals surface area contributed by atoms with Crippen molar-refractivity contribution >= 4 is 17.5 Å². The number of hydrogen-bond acceptors (Lipinski definition) is 5. The number of halogens is 1. The maximum absolute atomic E-state index is 13.2. The predicted molar refractivity (Wildman–Crippen MR) is 81.0 cm³/mol. The number of hydrogen-bond donors (Lipinski definition) is 0. The summed E-state index contributed by atoms with van der Waals surface area (Å²) in [5.41, 5.74) is 0.205. The summed E-state index contributed by atoms with van der Waals surface area (Å²) >= 11 is 0. The lowest BCUT2D eigenvalue weighted by molar-refractivity contribution is -0.384. The van der Waals surface area contributed by atoms with E-state index in [0.717, 1.165) is 12.5 Å². The number of amides is 1.